The summed E-state index contributed by atoms with van der Waals surface area (Å²) in [5.41, 5.74) is 1.57. The van der Waals surface area contributed by atoms with E-state index in [0.29, 0.717) is 18.7 Å². The van der Waals surface area contributed by atoms with Crippen LogP contribution < -0.4 is 5.32 Å². The number of benzene rings is 1. The van der Waals surface area contributed by atoms with E-state index in [4.69, 9.17) is 9.84 Å². The molecule has 0 heterocycles. The summed E-state index contributed by atoms with van der Waals surface area (Å²) in [6.07, 6.45) is 0.801. The lowest BCUT2D eigenvalue weighted by Gasteiger charge is -2.09. The van der Waals surface area contributed by atoms with Crippen LogP contribution in [0.5, 0.6) is 0 Å². The van der Waals surface area contributed by atoms with Crippen molar-refractivity contribution >= 4 is 17.7 Å². The van der Waals surface area contributed by atoms with Gasteiger partial charge in [-0.15, -0.1) is 0 Å². The molecule has 106 valence electrons. The third-order valence-corrected chi connectivity index (χ3v) is 3.61. The first-order chi connectivity index (χ1) is 9.29. The van der Waals surface area contributed by atoms with E-state index in [0.717, 1.165) is 23.5 Å². The Balaban J connectivity index is 2.36. The molecule has 19 heavy (non-hydrogen) atoms. The summed E-state index contributed by atoms with van der Waals surface area (Å²) in [6, 6.07) is 7.46. The first kappa shape index (κ1) is 16.0. The van der Waals surface area contributed by atoms with Crippen LogP contribution in [0.15, 0.2) is 24.3 Å². The second-order valence-corrected chi connectivity index (χ2v) is 5.26. The highest BCUT2D eigenvalue weighted by molar-refractivity contribution is 7.99. The minimum atomic E-state index is -0.0598. The van der Waals surface area contributed by atoms with Crippen molar-refractivity contribution in [3.63, 3.8) is 0 Å². The topological polar surface area (TPSA) is 58.6 Å². The van der Waals surface area contributed by atoms with Gasteiger partial charge in [0.25, 0.3) is 5.91 Å². The Morgan fingerprint density at radius 1 is 1.37 bits per heavy atom. The van der Waals surface area contributed by atoms with Crippen LogP contribution in [0.4, 0.5) is 0 Å². The molecule has 0 unspecified atom stereocenters. The third kappa shape index (κ3) is 6.09. The van der Waals surface area contributed by atoms with Gasteiger partial charge in [0.2, 0.25) is 0 Å². The number of carbonyl (C=O) groups excluding carboxylic acids is 1. The van der Waals surface area contributed by atoms with E-state index in [1.807, 2.05) is 24.3 Å². The first-order valence-electron chi connectivity index (χ1n) is 6.33. The van der Waals surface area contributed by atoms with Crippen molar-refractivity contribution in [2.75, 3.05) is 31.8 Å². The average Bonchev–Trinajstić information content (AvgIpc) is 2.43. The van der Waals surface area contributed by atoms with Crippen LogP contribution in [0.2, 0.25) is 0 Å². The SMILES string of the molecule is COCc1ccccc1C(=O)NCCSCCCO. The molecule has 2 N–H and O–H groups in total. The van der Waals surface area contributed by atoms with Crippen molar-refractivity contribution in [3.8, 4) is 0 Å². The molecule has 0 aromatic heterocycles. The standard InChI is InChI=1S/C14H21NO3S/c1-18-11-12-5-2-3-6-13(12)14(17)15-7-10-19-9-4-8-16/h2-3,5-6,16H,4,7-11H2,1H3,(H,15,17). The molecule has 0 aliphatic rings. The molecule has 4 nitrogen and oxygen atoms in total. The molecule has 0 atom stereocenters. The Bertz CT molecular complexity index is 385. The number of carbonyl (C=O) groups is 1. The summed E-state index contributed by atoms with van der Waals surface area (Å²) in [5, 5.41) is 11.5. The fraction of sp³-hybridized carbons (Fsp3) is 0.500. The van der Waals surface area contributed by atoms with Crippen LogP contribution in [-0.4, -0.2) is 42.8 Å². The molecule has 0 saturated carbocycles. The van der Waals surface area contributed by atoms with E-state index >= 15 is 0 Å². The van der Waals surface area contributed by atoms with Gasteiger partial charge in [-0.1, -0.05) is 18.2 Å². The van der Waals surface area contributed by atoms with Crippen molar-refractivity contribution in [2.45, 2.75) is 13.0 Å². The smallest absolute Gasteiger partial charge is 0.251 e. The molecule has 0 aliphatic carbocycles. The normalized spacial score (nSPS) is 10.4. The van der Waals surface area contributed by atoms with Crippen LogP contribution in [0, 0.1) is 0 Å². The highest BCUT2D eigenvalue weighted by atomic mass is 32.2. The lowest BCUT2D eigenvalue weighted by Crippen LogP contribution is -2.26. The number of thioether (sulfide) groups is 1. The van der Waals surface area contributed by atoms with Gasteiger partial charge in [-0.2, -0.15) is 11.8 Å². The monoisotopic (exact) mass is 283 g/mol. The number of ether oxygens (including phenoxy) is 1. The minimum absolute atomic E-state index is 0.0598. The maximum absolute atomic E-state index is 12.0. The van der Waals surface area contributed by atoms with E-state index in [9.17, 15) is 4.79 Å². The maximum atomic E-state index is 12.0. The van der Waals surface area contributed by atoms with Gasteiger partial charge in [0.1, 0.15) is 0 Å². The molecule has 0 fully saturated rings. The minimum Gasteiger partial charge on any atom is -0.396 e. The van der Waals surface area contributed by atoms with Gasteiger partial charge in [0.05, 0.1) is 6.61 Å². The zero-order chi connectivity index (χ0) is 13.9. The first-order valence-corrected chi connectivity index (χ1v) is 7.48. The van der Waals surface area contributed by atoms with E-state index < -0.39 is 0 Å². The number of hydrogen-bond acceptors (Lipinski definition) is 4. The molecule has 5 heteroatoms. The summed E-state index contributed by atoms with van der Waals surface area (Å²) in [6.45, 7) is 1.30. The Morgan fingerprint density at radius 2 is 2.16 bits per heavy atom. The predicted molar refractivity (Wildman–Crippen MR) is 78.5 cm³/mol. The molecule has 0 aliphatic heterocycles. The van der Waals surface area contributed by atoms with Crippen LogP contribution in [0.3, 0.4) is 0 Å². The van der Waals surface area contributed by atoms with Crippen molar-refractivity contribution in [2.24, 2.45) is 0 Å². The average molecular weight is 283 g/mol. The highest BCUT2D eigenvalue weighted by Crippen LogP contribution is 2.10. The van der Waals surface area contributed by atoms with Gasteiger partial charge in [-0.3, -0.25) is 4.79 Å². The maximum Gasteiger partial charge on any atom is 0.251 e. The molecule has 1 aromatic carbocycles. The number of rotatable bonds is 9. The summed E-state index contributed by atoms with van der Waals surface area (Å²) >= 11 is 1.73. The Hall–Kier alpha value is -1.04. The van der Waals surface area contributed by atoms with Crippen LogP contribution in [-0.2, 0) is 11.3 Å². The zero-order valence-electron chi connectivity index (χ0n) is 11.2. The zero-order valence-corrected chi connectivity index (χ0v) is 12.0. The van der Waals surface area contributed by atoms with Crippen LogP contribution in [0.1, 0.15) is 22.3 Å². The summed E-state index contributed by atoms with van der Waals surface area (Å²) in [4.78, 5) is 12.0. The van der Waals surface area contributed by atoms with E-state index in [-0.39, 0.29) is 12.5 Å². The molecule has 0 bridgehead atoms. The summed E-state index contributed by atoms with van der Waals surface area (Å²) in [5.74, 6) is 1.72. The molecule has 0 radical (unpaired) electrons. The number of hydrogen-bond donors (Lipinski definition) is 2. The number of aliphatic hydroxyl groups is 1. The van der Waals surface area contributed by atoms with Gasteiger partial charge < -0.3 is 15.2 Å². The quantitative estimate of drug-likeness (QED) is 0.677. The second kappa shape index (κ2) is 9.83. The fourth-order valence-corrected chi connectivity index (χ4v) is 2.41. The molecule has 0 saturated heterocycles. The van der Waals surface area contributed by atoms with E-state index in [1.165, 1.54) is 0 Å². The summed E-state index contributed by atoms with van der Waals surface area (Å²) < 4.78 is 5.08. The van der Waals surface area contributed by atoms with Gasteiger partial charge >= 0.3 is 0 Å². The molecule has 0 spiro atoms. The van der Waals surface area contributed by atoms with Crippen LogP contribution in [0.25, 0.3) is 0 Å². The molecular formula is C14H21NO3S. The van der Waals surface area contributed by atoms with E-state index in [1.54, 1.807) is 18.9 Å². The van der Waals surface area contributed by atoms with Crippen molar-refractivity contribution in [1.82, 2.24) is 5.32 Å². The van der Waals surface area contributed by atoms with Gasteiger partial charge in [0, 0.05) is 31.6 Å². The number of nitrogens with one attached hydrogen (secondary N) is 1. The summed E-state index contributed by atoms with van der Waals surface area (Å²) in [7, 11) is 1.62. The number of methoxy groups -OCH3 is 1. The molecule has 1 amide bonds. The van der Waals surface area contributed by atoms with Crippen molar-refractivity contribution in [3.05, 3.63) is 35.4 Å². The molecule has 1 aromatic rings. The number of aliphatic hydroxyl groups excluding tert-OH is 1. The molecular weight excluding hydrogens is 262 g/mol. The Morgan fingerprint density at radius 3 is 2.89 bits per heavy atom. The van der Waals surface area contributed by atoms with Gasteiger partial charge in [-0.25, -0.2) is 0 Å². The lowest BCUT2D eigenvalue weighted by molar-refractivity contribution is 0.0951. The fourth-order valence-electron chi connectivity index (χ4n) is 1.62. The largest absolute Gasteiger partial charge is 0.396 e. The highest BCUT2D eigenvalue weighted by Gasteiger charge is 2.09. The van der Waals surface area contributed by atoms with Crippen molar-refractivity contribution in [1.29, 1.82) is 0 Å². The Kier molecular flexibility index (Phi) is 8.29. The molecule has 1 rings (SSSR count). The third-order valence-electron chi connectivity index (χ3n) is 2.54. The lowest BCUT2D eigenvalue weighted by atomic mass is 10.1. The van der Waals surface area contributed by atoms with Crippen LogP contribution >= 0.6 is 11.8 Å². The Labute approximate surface area is 118 Å². The van der Waals surface area contributed by atoms with Gasteiger partial charge in [-0.05, 0) is 23.8 Å². The predicted octanol–water partition coefficient (Wildman–Crippen LogP) is 1.68. The van der Waals surface area contributed by atoms with E-state index in [2.05, 4.69) is 5.32 Å². The number of amides is 1. The second-order valence-electron chi connectivity index (χ2n) is 4.04. The van der Waals surface area contributed by atoms with Crippen molar-refractivity contribution < 1.29 is 14.6 Å². The van der Waals surface area contributed by atoms with Gasteiger partial charge in [0.15, 0.2) is 0 Å².